The number of rotatable bonds is 5. The molecule has 3 N–H and O–H groups in total. The van der Waals surface area contributed by atoms with Gasteiger partial charge in [0.1, 0.15) is 17.5 Å². The van der Waals surface area contributed by atoms with Crippen LogP contribution in [0, 0.1) is 0 Å². The quantitative estimate of drug-likeness (QED) is 0.745. The SMILES string of the molecule is CNc1cc(NC(C)(C)C(C)O)nc(C2CC2)n1. The molecule has 18 heavy (non-hydrogen) atoms. The average Bonchev–Trinajstić information content (AvgIpc) is 3.11. The zero-order valence-corrected chi connectivity index (χ0v) is 11.5. The molecule has 5 heteroatoms. The summed E-state index contributed by atoms with van der Waals surface area (Å²) in [4.78, 5) is 9.00. The average molecular weight is 250 g/mol. The van der Waals surface area contributed by atoms with Crippen molar-refractivity contribution in [1.82, 2.24) is 9.97 Å². The monoisotopic (exact) mass is 250 g/mol. The maximum atomic E-state index is 9.74. The molecule has 0 amide bonds. The van der Waals surface area contributed by atoms with Crippen LogP contribution in [0.25, 0.3) is 0 Å². The van der Waals surface area contributed by atoms with Gasteiger partial charge in [-0.15, -0.1) is 0 Å². The maximum Gasteiger partial charge on any atom is 0.136 e. The lowest BCUT2D eigenvalue weighted by Gasteiger charge is -2.30. The zero-order chi connectivity index (χ0) is 13.3. The molecule has 0 aliphatic heterocycles. The van der Waals surface area contributed by atoms with E-state index in [9.17, 15) is 5.11 Å². The Balaban J connectivity index is 2.24. The Morgan fingerprint density at radius 2 is 1.94 bits per heavy atom. The lowest BCUT2D eigenvalue weighted by atomic mass is 9.99. The normalized spacial score (nSPS) is 17.4. The molecular weight excluding hydrogens is 228 g/mol. The van der Waals surface area contributed by atoms with Gasteiger partial charge in [-0.05, 0) is 33.6 Å². The van der Waals surface area contributed by atoms with E-state index in [-0.39, 0.29) is 0 Å². The van der Waals surface area contributed by atoms with Crippen molar-refractivity contribution in [3.05, 3.63) is 11.9 Å². The molecule has 0 aromatic carbocycles. The summed E-state index contributed by atoms with van der Waals surface area (Å²) in [5, 5.41) is 16.1. The van der Waals surface area contributed by atoms with Gasteiger partial charge in [-0.3, -0.25) is 0 Å². The lowest BCUT2D eigenvalue weighted by molar-refractivity contribution is 0.133. The molecule has 1 unspecified atom stereocenters. The van der Waals surface area contributed by atoms with E-state index in [0.29, 0.717) is 5.92 Å². The van der Waals surface area contributed by atoms with Crippen molar-refractivity contribution >= 4 is 11.6 Å². The minimum Gasteiger partial charge on any atom is -0.391 e. The van der Waals surface area contributed by atoms with Crippen LogP contribution in [0.3, 0.4) is 0 Å². The highest BCUT2D eigenvalue weighted by Crippen LogP contribution is 2.39. The van der Waals surface area contributed by atoms with Gasteiger partial charge in [0.2, 0.25) is 0 Å². The summed E-state index contributed by atoms with van der Waals surface area (Å²) in [5.41, 5.74) is -0.416. The highest BCUT2D eigenvalue weighted by atomic mass is 16.3. The number of aromatic nitrogens is 2. The Hall–Kier alpha value is -1.36. The van der Waals surface area contributed by atoms with E-state index in [0.717, 1.165) is 17.5 Å². The molecule has 0 spiro atoms. The van der Waals surface area contributed by atoms with E-state index in [1.165, 1.54) is 12.8 Å². The summed E-state index contributed by atoms with van der Waals surface area (Å²) < 4.78 is 0. The molecular formula is C13H22N4O. The molecule has 2 rings (SSSR count). The summed E-state index contributed by atoms with van der Waals surface area (Å²) in [6.45, 7) is 5.68. The van der Waals surface area contributed by atoms with Crippen LogP contribution < -0.4 is 10.6 Å². The van der Waals surface area contributed by atoms with Crippen molar-refractivity contribution in [2.45, 2.75) is 51.2 Å². The van der Waals surface area contributed by atoms with Crippen LogP contribution in [0.4, 0.5) is 11.6 Å². The van der Waals surface area contributed by atoms with Gasteiger partial charge in [-0.2, -0.15) is 0 Å². The Bertz CT molecular complexity index is 427. The second-order valence-electron chi connectivity index (χ2n) is 5.54. The molecule has 1 aromatic heterocycles. The predicted molar refractivity (Wildman–Crippen MR) is 72.9 cm³/mol. The second kappa shape index (κ2) is 4.72. The number of aliphatic hydroxyl groups excluding tert-OH is 1. The minimum atomic E-state index is -0.463. The van der Waals surface area contributed by atoms with E-state index in [2.05, 4.69) is 20.6 Å². The summed E-state index contributed by atoms with van der Waals surface area (Å²) >= 11 is 0. The molecule has 1 aliphatic rings. The molecule has 100 valence electrons. The van der Waals surface area contributed by atoms with Gasteiger partial charge < -0.3 is 15.7 Å². The largest absolute Gasteiger partial charge is 0.391 e. The number of hydrogen-bond acceptors (Lipinski definition) is 5. The molecule has 0 saturated heterocycles. The van der Waals surface area contributed by atoms with E-state index in [1.807, 2.05) is 27.0 Å². The van der Waals surface area contributed by atoms with E-state index in [1.54, 1.807) is 6.92 Å². The van der Waals surface area contributed by atoms with Crippen LogP contribution in [0.5, 0.6) is 0 Å². The fraction of sp³-hybridized carbons (Fsp3) is 0.692. The molecule has 0 bridgehead atoms. The molecule has 1 saturated carbocycles. The second-order valence-corrected chi connectivity index (χ2v) is 5.54. The van der Waals surface area contributed by atoms with Crippen LogP contribution in [-0.4, -0.2) is 33.8 Å². The van der Waals surface area contributed by atoms with Crippen LogP contribution in [-0.2, 0) is 0 Å². The van der Waals surface area contributed by atoms with E-state index in [4.69, 9.17) is 0 Å². The molecule has 1 heterocycles. The summed E-state index contributed by atoms with van der Waals surface area (Å²) in [5.74, 6) is 2.98. The fourth-order valence-corrected chi connectivity index (χ4v) is 1.62. The number of nitrogens with one attached hydrogen (secondary N) is 2. The van der Waals surface area contributed by atoms with E-state index >= 15 is 0 Å². The van der Waals surface area contributed by atoms with Gasteiger partial charge in [0.15, 0.2) is 0 Å². The minimum absolute atomic E-state index is 0.416. The van der Waals surface area contributed by atoms with Gasteiger partial charge >= 0.3 is 0 Å². The summed E-state index contributed by atoms with van der Waals surface area (Å²) in [6.07, 6.45) is 1.88. The number of hydrogen-bond donors (Lipinski definition) is 3. The highest BCUT2D eigenvalue weighted by Gasteiger charge is 2.29. The Morgan fingerprint density at radius 1 is 1.33 bits per heavy atom. The first-order valence-electron chi connectivity index (χ1n) is 6.45. The third-order valence-corrected chi connectivity index (χ3v) is 3.44. The first-order chi connectivity index (χ1) is 8.42. The number of nitrogens with zero attached hydrogens (tertiary/aromatic N) is 2. The molecule has 1 fully saturated rings. The van der Waals surface area contributed by atoms with Crippen LogP contribution in [0.15, 0.2) is 6.07 Å². The van der Waals surface area contributed by atoms with Crippen LogP contribution in [0.2, 0.25) is 0 Å². The third-order valence-electron chi connectivity index (χ3n) is 3.44. The van der Waals surface area contributed by atoms with Crippen molar-refractivity contribution in [1.29, 1.82) is 0 Å². The van der Waals surface area contributed by atoms with Gasteiger partial charge in [0, 0.05) is 19.0 Å². The van der Waals surface area contributed by atoms with Crippen molar-refractivity contribution in [2.24, 2.45) is 0 Å². The van der Waals surface area contributed by atoms with Gasteiger partial charge in [-0.25, -0.2) is 9.97 Å². The zero-order valence-electron chi connectivity index (χ0n) is 11.5. The van der Waals surface area contributed by atoms with Crippen molar-refractivity contribution < 1.29 is 5.11 Å². The number of anilines is 2. The predicted octanol–water partition coefficient (Wildman–Crippen LogP) is 1.97. The molecule has 1 aliphatic carbocycles. The van der Waals surface area contributed by atoms with Gasteiger partial charge in [0.25, 0.3) is 0 Å². The van der Waals surface area contributed by atoms with Gasteiger partial charge in [-0.1, -0.05) is 0 Å². The van der Waals surface area contributed by atoms with Crippen molar-refractivity contribution in [2.75, 3.05) is 17.7 Å². The summed E-state index contributed by atoms with van der Waals surface area (Å²) in [7, 11) is 1.85. The molecule has 5 nitrogen and oxygen atoms in total. The third kappa shape index (κ3) is 2.90. The first-order valence-corrected chi connectivity index (χ1v) is 6.45. The van der Waals surface area contributed by atoms with Crippen molar-refractivity contribution in [3.63, 3.8) is 0 Å². The lowest BCUT2D eigenvalue weighted by Crippen LogP contribution is -2.42. The number of aliphatic hydroxyl groups is 1. The maximum absolute atomic E-state index is 9.74. The van der Waals surface area contributed by atoms with E-state index < -0.39 is 11.6 Å². The smallest absolute Gasteiger partial charge is 0.136 e. The topological polar surface area (TPSA) is 70.1 Å². The first kappa shape index (κ1) is 13.1. The fourth-order valence-electron chi connectivity index (χ4n) is 1.62. The molecule has 1 aromatic rings. The van der Waals surface area contributed by atoms with Crippen LogP contribution >= 0.6 is 0 Å². The Labute approximate surface area is 108 Å². The highest BCUT2D eigenvalue weighted by molar-refractivity contribution is 5.49. The molecule has 1 atom stereocenters. The van der Waals surface area contributed by atoms with Crippen molar-refractivity contribution in [3.8, 4) is 0 Å². The van der Waals surface area contributed by atoms with Crippen LogP contribution in [0.1, 0.15) is 45.4 Å². The summed E-state index contributed by atoms with van der Waals surface area (Å²) in [6, 6.07) is 1.87. The Kier molecular flexibility index (Phi) is 3.43. The molecule has 0 radical (unpaired) electrons. The standard InChI is InChI=1S/C13H22N4O/c1-8(18)13(2,3)17-11-7-10(14-4)15-12(16-11)9-5-6-9/h7-9,18H,5-6H2,1-4H3,(H2,14,15,16,17). The van der Waals surface area contributed by atoms with Gasteiger partial charge in [0.05, 0.1) is 11.6 Å². The Morgan fingerprint density at radius 3 is 2.44 bits per heavy atom.